The molecule has 4 heteroatoms. The second kappa shape index (κ2) is 6.89. The highest BCUT2D eigenvalue weighted by molar-refractivity contribution is 5.91. The van der Waals surface area contributed by atoms with Crippen molar-refractivity contribution in [2.24, 2.45) is 0 Å². The molecule has 0 heterocycles. The normalized spacial score (nSPS) is 19.5. The van der Waals surface area contributed by atoms with Crippen LogP contribution in [0.5, 0.6) is 0 Å². The summed E-state index contributed by atoms with van der Waals surface area (Å²) in [7, 11) is 0. The largest absolute Gasteiger partial charge is 0.481 e. The second-order valence-electron chi connectivity index (χ2n) is 4.26. The quantitative estimate of drug-likeness (QED) is 0.861. The summed E-state index contributed by atoms with van der Waals surface area (Å²) in [6.45, 7) is -8.30. The third-order valence-electron chi connectivity index (χ3n) is 2.64. The molecule has 0 aliphatic carbocycles. The third-order valence-corrected chi connectivity index (χ3v) is 2.64. The van der Waals surface area contributed by atoms with Crippen molar-refractivity contribution in [1.29, 1.82) is 0 Å². The summed E-state index contributed by atoms with van der Waals surface area (Å²) >= 11 is 0. The number of hydrogen-bond acceptors (Lipinski definition) is 3. The molecule has 2 rings (SSSR count). The predicted molar refractivity (Wildman–Crippen MR) is 82.8 cm³/mol. The van der Waals surface area contributed by atoms with E-state index in [0.29, 0.717) is 0 Å². The first-order valence-corrected chi connectivity index (χ1v) is 6.10. The van der Waals surface area contributed by atoms with Gasteiger partial charge in [0.25, 0.3) is 0 Å². The first-order valence-electron chi connectivity index (χ1n) is 11.1. The Hall–Kier alpha value is -2.62. The molecule has 1 N–H and O–H groups in total. The second-order valence-corrected chi connectivity index (χ2v) is 4.26. The number of carbonyl (C=O) groups excluding carboxylic acids is 1. The summed E-state index contributed by atoms with van der Waals surface area (Å²) in [5.41, 5.74) is -1.99. The van der Waals surface area contributed by atoms with Crippen molar-refractivity contribution in [1.82, 2.24) is 0 Å². The number of benzene rings is 2. The van der Waals surface area contributed by atoms with Crippen LogP contribution >= 0.6 is 0 Å². The van der Waals surface area contributed by atoms with Crippen LogP contribution in [0.1, 0.15) is 46.3 Å². The van der Waals surface area contributed by atoms with E-state index >= 15 is 0 Å². The molecule has 2 aromatic carbocycles. The Kier molecular flexibility index (Phi) is 2.22. The molecular weight excluding hydrogens is 280 g/mol. The number of carboxylic acids is 1. The molecule has 0 unspecified atom stereocenters. The number of esters is 1. The Morgan fingerprint density at radius 3 is 2.50 bits per heavy atom. The molecule has 4 nitrogen and oxygen atoms in total. The van der Waals surface area contributed by atoms with Crippen LogP contribution in [0.3, 0.4) is 0 Å². The molecule has 114 valence electrons. The topological polar surface area (TPSA) is 63.6 Å². The number of carbonyl (C=O) groups is 2. The number of aryl methyl sites for hydroxylation is 2. The molecule has 0 saturated heterocycles. The van der Waals surface area contributed by atoms with Crippen LogP contribution in [-0.2, 0) is 22.5 Å². The maximum absolute atomic E-state index is 12.6. The zero-order chi connectivity index (χ0) is 24.7. The molecule has 0 aromatic heterocycles. The Labute approximate surface area is 143 Å². The number of carboxylic acid groups (broad SMARTS) is 1. The van der Waals surface area contributed by atoms with E-state index < -0.39 is 49.7 Å². The van der Waals surface area contributed by atoms with Crippen molar-refractivity contribution in [3.63, 3.8) is 0 Å². The van der Waals surface area contributed by atoms with Gasteiger partial charge in [0.1, 0.15) is 6.56 Å². The zero-order valence-electron chi connectivity index (χ0n) is 21.2. The van der Waals surface area contributed by atoms with Crippen molar-refractivity contribution in [2.45, 2.75) is 26.6 Å². The minimum atomic E-state index is -2.88. The van der Waals surface area contributed by atoms with Gasteiger partial charge in [-0.15, -0.1) is 0 Å². The predicted octanol–water partition coefficient (Wildman–Crippen LogP) is 3.29. The number of hydrogen-bond donors (Lipinski definition) is 1. The van der Waals surface area contributed by atoms with Crippen LogP contribution in [0.4, 0.5) is 0 Å². The molecule has 0 atom stereocenters. The Morgan fingerprint density at radius 1 is 1.14 bits per heavy atom. The zero-order valence-corrected chi connectivity index (χ0v) is 11.2. The van der Waals surface area contributed by atoms with E-state index in [9.17, 15) is 9.59 Å². The van der Waals surface area contributed by atoms with Gasteiger partial charge in [0.15, 0.2) is 0 Å². The van der Waals surface area contributed by atoms with Crippen LogP contribution in [0, 0.1) is 13.7 Å². The van der Waals surface area contributed by atoms with Gasteiger partial charge >= 0.3 is 11.9 Å². The molecule has 0 aliphatic rings. The first kappa shape index (κ1) is 7.09. The van der Waals surface area contributed by atoms with Crippen molar-refractivity contribution >= 4 is 11.9 Å². The van der Waals surface area contributed by atoms with Crippen molar-refractivity contribution < 1.29 is 33.1 Å². The number of rotatable bonds is 5. The molecule has 2 aromatic rings. The Balaban J connectivity index is 2.38. The summed E-state index contributed by atoms with van der Waals surface area (Å²) in [6.07, 6.45) is -2.72. The van der Waals surface area contributed by atoms with Crippen LogP contribution in [0.15, 0.2) is 42.5 Å². The summed E-state index contributed by atoms with van der Waals surface area (Å²) in [5, 5.41) is 8.93. The van der Waals surface area contributed by atoms with Crippen molar-refractivity contribution in [2.75, 3.05) is 0 Å². The molecule has 0 aliphatic heterocycles. The third kappa shape index (κ3) is 4.19. The average Bonchev–Trinajstić information content (AvgIpc) is 2.65. The highest BCUT2D eigenvalue weighted by atomic mass is 16.5. The minimum absolute atomic E-state index is 0.259. The highest BCUT2D eigenvalue weighted by Crippen LogP contribution is 2.13. The van der Waals surface area contributed by atoms with Gasteiger partial charge < -0.3 is 9.84 Å². The van der Waals surface area contributed by atoms with Gasteiger partial charge in [-0.2, -0.15) is 0 Å². The maximum atomic E-state index is 12.6. The number of aliphatic carboxylic acids is 1. The van der Waals surface area contributed by atoms with Crippen LogP contribution in [0.25, 0.3) is 0 Å². The molecule has 0 bridgehead atoms. The minimum Gasteiger partial charge on any atom is -0.481 e. The molecule has 22 heavy (non-hydrogen) atoms. The fraction of sp³-hybridized carbons (Fsp3) is 0.222. The fourth-order valence-corrected chi connectivity index (χ4v) is 1.63. The van der Waals surface area contributed by atoms with Gasteiger partial charge in [-0.05, 0) is 36.5 Å². The standard InChI is InChI=1S/C18H18O4/c1-12-3-8-16(13(2)9-12)18(21)22-11-15-6-4-14(5-7-15)10-17(19)20/h3-9H,10-11H2,1-2H3,(H,19,20)/i1D3,2D3,10D2,11D2. The van der Waals surface area contributed by atoms with E-state index in [2.05, 4.69) is 0 Å². The van der Waals surface area contributed by atoms with Crippen LogP contribution in [-0.4, -0.2) is 17.0 Å². The maximum Gasteiger partial charge on any atom is 0.338 e. The molecule has 0 radical (unpaired) electrons. The van der Waals surface area contributed by atoms with Crippen LogP contribution in [0.2, 0.25) is 0 Å². The van der Waals surface area contributed by atoms with Gasteiger partial charge in [0.05, 0.1) is 14.7 Å². The summed E-state index contributed by atoms with van der Waals surface area (Å²) in [5.74, 6) is -3.10. The van der Waals surface area contributed by atoms with Gasteiger partial charge in [-0.1, -0.05) is 42.0 Å². The van der Waals surface area contributed by atoms with E-state index in [-0.39, 0.29) is 16.7 Å². The Bertz CT molecular complexity index is 1020. The molecular formula is C18H18O4. The lowest BCUT2D eigenvalue weighted by molar-refractivity contribution is -0.136. The van der Waals surface area contributed by atoms with E-state index in [0.717, 1.165) is 42.5 Å². The number of ether oxygens (including phenoxy) is 1. The highest BCUT2D eigenvalue weighted by Gasteiger charge is 2.10. The SMILES string of the molecule is [2H]C([2H])([2H])c1ccc(C(=O)OC([2H])([2H])c2ccc(C([2H])([2H])C(=O)O)cc2)c(C([2H])([2H])[2H])c1. The van der Waals surface area contributed by atoms with E-state index in [1.807, 2.05) is 0 Å². The Morgan fingerprint density at radius 2 is 1.86 bits per heavy atom. The first-order chi connectivity index (χ1) is 14.4. The molecule has 0 amide bonds. The summed E-state index contributed by atoms with van der Waals surface area (Å²) < 4.78 is 80.9. The lowest BCUT2D eigenvalue weighted by atomic mass is 10.1. The monoisotopic (exact) mass is 308 g/mol. The van der Waals surface area contributed by atoms with Gasteiger partial charge in [-0.25, -0.2) is 4.79 Å². The lowest BCUT2D eigenvalue weighted by Crippen LogP contribution is -2.07. The van der Waals surface area contributed by atoms with Gasteiger partial charge in [0, 0.05) is 11.0 Å². The van der Waals surface area contributed by atoms with Crippen LogP contribution < -0.4 is 0 Å². The van der Waals surface area contributed by atoms with E-state index in [1.165, 1.54) is 0 Å². The van der Waals surface area contributed by atoms with Crippen molar-refractivity contribution in [3.05, 3.63) is 70.3 Å². The van der Waals surface area contributed by atoms with Gasteiger partial charge in [0.2, 0.25) is 0 Å². The van der Waals surface area contributed by atoms with E-state index in [1.54, 1.807) is 0 Å². The van der Waals surface area contributed by atoms with Gasteiger partial charge in [-0.3, -0.25) is 4.79 Å². The fourth-order valence-electron chi connectivity index (χ4n) is 1.63. The summed E-state index contributed by atoms with van der Waals surface area (Å²) in [4.78, 5) is 23.6. The average molecular weight is 308 g/mol. The summed E-state index contributed by atoms with van der Waals surface area (Å²) in [6, 6.07) is 6.90. The lowest BCUT2D eigenvalue weighted by Gasteiger charge is -2.08. The molecule has 0 saturated carbocycles. The van der Waals surface area contributed by atoms with Crippen molar-refractivity contribution in [3.8, 4) is 0 Å². The van der Waals surface area contributed by atoms with E-state index in [4.69, 9.17) is 23.6 Å². The molecule has 0 fully saturated rings. The smallest absolute Gasteiger partial charge is 0.338 e. The molecule has 0 spiro atoms.